The van der Waals surface area contributed by atoms with Gasteiger partial charge in [-0.15, -0.1) is 0 Å². The number of benzene rings is 3. The Kier molecular flexibility index (Phi) is 7.28. The van der Waals surface area contributed by atoms with Gasteiger partial charge in [0.25, 0.3) is 0 Å². The molecule has 1 atom stereocenters. The van der Waals surface area contributed by atoms with Crippen molar-refractivity contribution >= 4 is 5.78 Å². The number of ketones is 1. The normalized spacial score (nSPS) is 14.9. The molecule has 150 valence electrons. The predicted octanol–water partition coefficient (Wildman–Crippen LogP) is 4.91. The molecular weight excluding hydrogens is 367 g/mol. The minimum Gasteiger partial charge on any atom is -0.396 e. The van der Waals surface area contributed by atoms with E-state index in [-0.39, 0.29) is 24.1 Å². The number of fused-ring (bicyclic) bond motifs is 2. The van der Waals surface area contributed by atoms with Crippen LogP contribution in [0, 0.1) is 5.82 Å². The molecule has 0 heterocycles. The van der Waals surface area contributed by atoms with Gasteiger partial charge in [0.1, 0.15) is 5.82 Å². The second kappa shape index (κ2) is 10.1. The third-order valence-electron chi connectivity index (χ3n) is 5.05. The Hall–Kier alpha value is -2.82. The molecular formula is C25H25FO3. The molecule has 4 rings (SSSR count). The van der Waals surface area contributed by atoms with Crippen LogP contribution in [0.1, 0.15) is 45.0 Å². The highest BCUT2D eigenvalue weighted by atomic mass is 19.1. The summed E-state index contributed by atoms with van der Waals surface area (Å²) >= 11 is 0. The van der Waals surface area contributed by atoms with Crippen LogP contribution in [0.3, 0.4) is 0 Å². The third kappa shape index (κ3) is 5.17. The summed E-state index contributed by atoms with van der Waals surface area (Å²) in [5, 5.41) is 9.25. The zero-order chi connectivity index (χ0) is 20.6. The number of hydrogen-bond acceptors (Lipinski definition) is 3. The fourth-order valence-corrected chi connectivity index (χ4v) is 3.69. The number of aliphatic hydroxyl groups excluding tert-OH is 1. The summed E-state index contributed by atoms with van der Waals surface area (Å²) < 4.78 is 18.4. The maximum atomic E-state index is 13.4. The molecule has 0 aromatic heterocycles. The monoisotopic (exact) mass is 392 g/mol. The maximum absolute atomic E-state index is 13.4. The summed E-state index contributed by atoms with van der Waals surface area (Å²) in [6.07, 6.45) is 1.15. The molecule has 29 heavy (non-hydrogen) atoms. The van der Waals surface area contributed by atoms with Crippen LogP contribution in [0.5, 0.6) is 0 Å². The van der Waals surface area contributed by atoms with Gasteiger partial charge in [-0.05, 0) is 53.6 Å². The molecule has 3 aromatic rings. The van der Waals surface area contributed by atoms with E-state index in [2.05, 4.69) is 0 Å². The lowest BCUT2D eigenvalue weighted by molar-refractivity contribution is 0.103. The van der Waals surface area contributed by atoms with Crippen molar-refractivity contribution < 1.29 is 19.0 Å². The van der Waals surface area contributed by atoms with Crippen LogP contribution in [-0.4, -0.2) is 24.6 Å². The standard InChI is InChI=1S/C17H15FO2.C8H10O/c18-13-5-6-15-12(10-13)9-11(7-8-19)14-3-1-2-4-16(14)17(15)20;1-9-7-8-5-3-2-4-6-8/h1-6,10-11,19H,7-9H2;2-6H,7H2,1H3/t11-;/m0./s1. The maximum Gasteiger partial charge on any atom is 0.193 e. The first-order valence-corrected chi connectivity index (χ1v) is 9.69. The van der Waals surface area contributed by atoms with Crippen LogP contribution in [0.25, 0.3) is 0 Å². The molecule has 0 amide bonds. The first-order chi connectivity index (χ1) is 14.1. The van der Waals surface area contributed by atoms with E-state index in [0.717, 1.165) is 11.1 Å². The molecule has 0 radical (unpaired) electrons. The van der Waals surface area contributed by atoms with Gasteiger partial charge in [0.15, 0.2) is 5.78 Å². The van der Waals surface area contributed by atoms with Crippen molar-refractivity contribution in [3.8, 4) is 0 Å². The second-order valence-corrected chi connectivity index (χ2v) is 7.05. The van der Waals surface area contributed by atoms with Crippen molar-refractivity contribution in [1.82, 2.24) is 0 Å². The van der Waals surface area contributed by atoms with E-state index in [1.165, 1.54) is 17.7 Å². The van der Waals surface area contributed by atoms with Crippen LogP contribution in [0.4, 0.5) is 4.39 Å². The lowest BCUT2D eigenvalue weighted by Crippen LogP contribution is -2.06. The number of aliphatic hydroxyl groups is 1. The molecule has 3 aromatic carbocycles. The molecule has 0 unspecified atom stereocenters. The molecule has 3 nitrogen and oxygen atoms in total. The lowest BCUT2D eigenvalue weighted by atomic mass is 9.89. The van der Waals surface area contributed by atoms with E-state index in [0.29, 0.717) is 30.6 Å². The van der Waals surface area contributed by atoms with E-state index in [1.807, 2.05) is 48.5 Å². The van der Waals surface area contributed by atoms with Crippen LogP contribution in [0.2, 0.25) is 0 Å². The SMILES string of the molecule is COCc1ccccc1.O=C1c2ccc(F)cc2C[C@H](CCO)c2ccccc21. The number of hydrogen-bond donors (Lipinski definition) is 1. The van der Waals surface area contributed by atoms with Crippen LogP contribution < -0.4 is 0 Å². The molecule has 0 saturated carbocycles. The minimum absolute atomic E-state index is 0.0446. The highest BCUT2D eigenvalue weighted by molar-refractivity contribution is 6.11. The predicted molar refractivity (Wildman–Crippen MR) is 112 cm³/mol. The molecule has 1 N–H and O–H groups in total. The topological polar surface area (TPSA) is 46.5 Å². The third-order valence-corrected chi connectivity index (χ3v) is 5.05. The Morgan fingerprint density at radius 1 is 1.00 bits per heavy atom. The van der Waals surface area contributed by atoms with Crippen LogP contribution in [0.15, 0.2) is 72.8 Å². The Morgan fingerprint density at radius 2 is 1.72 bits per heavy atom. The fraction of sp³-hybridized carbons (Fsp3) is 0.240. The van der Waals surface area contributed by atoms with Crippen molar-refractivity contribution in [1.29, 1.82) is 0 Å². The van der Waals surface area contributed by atoms with Crippen molar-refractivity contribution in [3.05, 3.63) is 106 Å². The Morgan fingerprint density at radius 3 is 2.45 bits per heavy atom. The molecule has 0 spiro atoms. The fourth-order valence-electron chi connectivity index (χ4n) is 3.69. The van der Waals surface area contributed by atoms with Crippen molar-refractivity contribution in [2.75, 3.05) is 13.7 Å². The molecule has 4 heteroatoms. The van der Waals surface area contributed by atoms with Gasteiger partial charge in [0.05, 0.1) is 6.61 Å². The van der Waals surface area contributed by atoms with Gasteiger partial charge in [-0.25, -0.2) is 4.39 Å². The van der Waals surface area contributed by atoms with Crippen molar-refractivity contribution in [2.24, 2.45) is 0 Å². The minimum atomic E-state index is -0.328. The average Bonchev–Trinajstić information content (AvgIpc) is 2.85. The first kappa shape index (κ1) is 20.9. The Bertz CT molecular complexity index is 953. The number of methoxy groups -OCH3 is 1. The van der Waals surface area contributed by atoms with Gasteiger partial charge in [-0.3, -0.25) is 4.79 Å². The van der Waals surface area contributed by atoms with Crippen molar-refractivity contribution in [3.63, 3.8) is 0 Å². The van der Waals surface area contributed by atoms with Gasteiger partial charge in [0.2, 0.25) is 0 Å². The quantitative estimate of drug-likeness (QED) is 0.686. The van der Waals surface area contributed by atoms with E-state index < -0.39 is 0 Å². The second-order valence-electron chi connectivity index (χ2n) is 7.05. The van der Waals surface area contributed by atoms with Gasteiger partial charge in [-0.2, -0.15) is 0 Å². The van der Waals surface area contributed by atoms with Gasteiger partial charge >= 0.3 is 0 Å². The Labute approximate surface area is 170 Å². The van der Waals surface area contributed by atoms with Gasteiger partial charge in [-0.1, -0.05) is 54.6 Å². The number of carbonyl (C=O) groups is 1. The van der Waals surface area contributed by atoms with E-state index >= 15 is 0 Å². The smallest absolute Gasteiger partial charge is 0.193 e. The lowest BCUT2D eigenvalue weighted by Gasteiger charge is -2.16. The summed E-state index contributed by atoms with van der Waals surface area (Å²) in [6, 6.07) is 21.9. The highest BCUT2D eigenvalue weighted by Crippen LogP contribution is 2.34. The molecule has 0 saturated heterocycles. The molecule has 0 aliphatic heterocycles. The number of carbonyl (C=O) groups excluding carboxylic acids is 1. The van der Waals surface area contributed by atoms with E-state index in [4.69, 9.17) is 4.74 Å². The average molecular weight is 392 g/mol. The summed E-state index contributed by atoms with van der Waals surface area (Å²) in [7, 11) is 1.70. The summed E-state index contributed by atoms with van der Waals surface area (Å²) in [5.41, 5.74) is 4.13. The number of rotatable bonds is 4. The van der Waals surface area contributed by atoms with Gasteiger partial charge in [0, 0.05) is 24.8 Å². The summed E-state index contributed by atoms with van der Waals surface area (Å²) in [4.78, 5) is 12.6. The molecule has 1 aliphatic rings. The largest absolute Gasteiger partial charge is 0.396 e. The Balaban J connectivity index is 0.000000224. The van der Waals surface area contributed by atoms with E-state index in [1.54, 1.807) is 19.2 Å². The molecule has 0 fully saturated rings. The number of ether oxygens (including phenoxy) is 1. The molecule has 1 aliphatic carbocycles. The number of halogens is 1. The van der Waals surface area contributed by atoms with Gasteiger partial charge < -0.3 is 9.84 Å². The highest BCUT2D eigenvalue weighted by Gasteiger charge is 2.26. The van der Waals surface area contributed by atoms with E-state index in [9.17, 15) is 14.3 Å². The van der Waals surface area contributed by atoms with Crippen LogP contribution >= 0.6 is 0 Å². The van der Waals surface area contributed by atoms with Crippen molar-refractivity contribution in [2.45, 2.75) is 25.4 Å². The summed E-state index contributed by atoms with van der Waals surface area (Å²) in [5.74, 6) is -0.343. The first-order valence-electron chi connectivity index (χ1n) is 9.69. The molecule has 0 bridgehead atoms. The summed E-state index contributed by atoms with van der Waals surface area (Å²) in [6.45, 7) is 0.763. The zero-order valence-electron chi connectivity index (χ0n) is 16.5. The zero-order valence-corrected chi connectivity index (χ0v) is 16.5. The van der Waals surface area contributed by atoms with Crippen LogP contribution in [-0.2, 0) is 17.8 Å².